The van der Waals surface area contributed by atoms with Crippen molar-refractivity contribution in [2.24, 2.45) is 0 Å². The molecule has 2 fully saturated rings. The first-order chi connectivity index (χ1) is 18.0. The highest BCUT2D eigenvalue weighted by Crippen LogP contribution is 2.26. The van der Waals surface area contributed by atoms with E-state index in [2.05, 4.69) is 15.4 Å². The third-order valence-corrected chi connectivity index (χ3v) is 7.84. The fourth-order valence-electron chi connectivity index (χ4n) is 4.31. The van der Waals surface area contributed by atoms with E-state index in [-0.39, 0.29) is 24.1 Å². The van der Waals surface area contributed by atoms with Crippen LogP contribution in [-0.2, 0) is 21.2 Å². The summed E-state index contributed by atoms with van der Waals surface area (Å²) < 4.78 is 89.0. The molecular weight excluding hydrogens is 534 g/mol. The summed E-state index contributed by atoms with van der Waals surface area (Å²) in [6, 6.07) is 5.90. The molecule has 1 heterocycles. The summed E-state index contributed by atoms with van der Waals surface area (Å²) in [5.74, 6) is -12.4. The average Bonchev–Trinajstić information content (AvgIpc) is 3.59. The molecule has 2 aromatic rings. The Balaban J connectivity index is 1.30. The molecule has 1 amide bonds. The van der Waals surface area contributed by atoms with Crippen LogP contribution in [0.5, 0.6) is 0 Å². The van der Waals surface area contributed by atoms with Crippen LogP contribution in [0.4, 0.5) is 17.6 Å². The number of rotatable bonds is 10. The molecule has 2 unspecified atom stereocenters. The van der Waals surface area contributed by atoms with E-state index in [1.807, 2.05) is 0 Å². The molecule has 38 heavy (non-hydrogen) atoms. The lowest BCUT2D eigenvalue weighted by atomic mass is 9.95. The van der Waals surface area contributed by atoms with Crippen LogP contribution in [0, 0.1) is 23.3 Å². The number of benzene rings is 2. The highest BCUT2D eigenvalue weighted by molar-refractivity contribution is 7.89. The number of sulfonamides is 1. The number of carbonyl (C=O) groups is 2. The van der Waals surface area contributed by atoms with Crippen LogP contribution in [0.15, 0.2) is 29.2 Å². The number of ether oxygens (including phenoxy) is 1. The Bertz CT molecular complexity index is 1300. The lowest BCUT2D eigenvalue weighted by molar-refractivity contribution is 0.0681. The molecule has 4 rings (SSSR count). The molecule has 14 heteroatoms. The summed E-state index contributed by atoms with van der Waals surface area (Å²) in [7, 11) is -3.87. The summed E-state index contributed by atoms with van der Waals surface area (Å²) in [6.45, 7) is -0.226. The molecule has 1 saturated carbocycles. The number of hydrogen-bond donors (Lipinski definition) is 4. The van der Waals surface area contributed by atoms with Crippen LogP contribution in [0.1, 0.15) is 58.4 Å². The summed E-state index contributed by atoms with van der Waals surface area (Å²) in [5, 5.41) is 14.1. The lowest BCUT2D eigenvalue weighted by Gasteiger charge is -2.21. The minimum Gasteiger partial charge on any atom is -0.477 e. The van der Waals surface area contributed by atoms with Crippen LogP contribution in [-0.4, -0.2) is 50.4 Å². The second-order valence-corrected chi connectivity index (χ2v) is 10.8. The van der Waals surface area contributed by atoms with Gasteiger partial charge in [-0.05, 0) is 37.0 Å². The number of nitrogens with one attached hydrogen (secondary N) is 3. The first-order valence-corrected chi connectivity index (χ1v) is 13.4. The molecule has 2 aromatic carbocycles. The van der Waals surface area contributed by atoms with Gasteiger partial charge in [-0.15, -0.1) is 0 Å². The van der Waals surface area contributed by atoms with Crippen molar-refractivity contribution < 1.29 is 45.4 Å². The van der Waals surface area contributed by atoms with E-state index in [0.717, 1.165) is 25.7 Å². The number of hydrogen-bond acceptors (Lipinski definition) is 6. The first-order valence-electron chi connectivity index (χ1n) is 11.9. The summed E-state index contributed by atoms with van der Waals surface area (Å²) in [6.07, 6.45) is 4.53. The fraction of sp³-hybridized carbons (Fsp3) is 0.417. The van der Waals surface area contributed by atoms with Gasteiger partial charge in [-0.1, -0.05) is 31.4 Å². The molecular formula is C24H25F4N3O6S. The molecule has 1 saturated heterocycles. The number of amides is 1. The van der Waals surface area contributed by atoms with Gasteiger partial charge >= 0.3 is 5.97 Å². The van der Waals surface area contributed by atoms with E-state index in [0.29, 0.717) is 11.6 Å². The fourth-order valence-corrected chi connectivity index (χ4v) is 5.43. The van der Waals surface area contributed by atoms with Gasteiger partial charge in [0, 0.05) is 12.6 Å². The Labute approximate surface area is 215 Å². The molecule has 206 valence electrons. The van der Waals surface area contributed by atoms with E-state index in [1.165, 1.54) is 30.7 Å². The zero-order chi connectivity index (χ0) is 27.6. The summed E-state index contributed by atoms with van der Waals surface area (Å²) >= 11 is 0. The van der Waals surface area contributed by atoms with Crippen LogP contribution in [0.2, 0.25) is 0 Å². The number of epoxide rings is 1. The second-order valence-electron chi connectivity index (χ2n) is 9.06. The Hall–Kier alpha value is -3.07. The molecule has 2 aliphatic rings. The van der Waals surface area contributed by atoms with Gasteiger partial charge in [-0.2, -0.15) is 4.72 Å². The second kappa shape index (κ2) is 11.4. The maximum Gasteiger partial charge on any atom is 0.341 e. The van der Waals surface area contributed by atoms with Crippen molar-refractivity contribution in [3.8, 4) is 0 Å². The molecule has 9 nitrogen and oxygen atoms in total. The van der Waals surface area contributed by atoms with E-state index >= 15 is 0 Å². The van der Waals surface area contributed by atoms with E-state index in [9.17, 15) is 35.6 Å². The van der Waals surface area contributed by atoms with Crippen molar-refractivity contribution in [2.45, 2.75) is 61.9 Å². The van der Waals surface area contributed by atoms with E-state index in [1.54, 1.807) is 0 Å². The maximum absolute atomic E-state index is 14.1. The minimum absolute atomic E-state index is 0.0224. The SMILES string of the molecule is O=C(O)c1c(F)c(F)c(C(=O)NCCc2ccc(S(=O)(=O)NC3OC3NC3CCCCC3)cc2)c(F)c1F. The van der Waals surface area contributed by atoms with Gasteiger partial charge in [0.1, 0.15) is 11.1 Å². The lowest BCUT2D eigenvalue weighted by Crippen LogP contribution is -2.38. The van der Waals surface area contributed by atoms with Crippen LogP contribution >= 0.6 is 0 Å². The number of aromatic carboxylic acids is 1. The molecule has 0 aromatic heterocycles. The quantitative estimate of drug-likeness (QED) is 0.200. The molecule has 0 bridgehead atoms. The van der Waals surface area contributed by atoms with Crippen LogP contribution < -0.4 is 15.4 Å². The van der Waals surface area contributed by atoms with Gasteiger partial charge in [-0.25, -0.2) is 30.8 Å². The molecule has 4 N–H and O–H groups in total. The van der Waals surface area contributed by atoms with Gasteiger partial charge in [0.25, 0.3) is 5.91 Å². The van der Waals surface area contributed by atoms with Crippen molar-refractivity contribution in [3.63, 3.8) is 0 Å². The van der Waals surface area contributed by atoms with Gasteiger partial charge < -0.3 is 15.2 Å². The third-order valence-electron chi connectivity index (χ3n) is 6.41. The molecule has 0 spiro atoms. The Morgan fingerprint density at radius 1 is 0.895 bits per heavy atom. The summed E-state index contributed by atoms with van der Waals surface area (Å²) in [5.41, 5.74) is -2.88. The van der Waals surface area contributed by atoms with Gasteiger partial charge in [0.2, 0.25) is 10.0 Å². The van der Waals surface area contributed by atoms with Crippen molar-refractivity contribution in [1.82, 2.24) is 15.4 Å². The predicted molar refractivity (Wildman–Crippen MR) is 125 cm³/mol. The van der Waals surface area contributed by atoms with Gasteiger partial charge in [-0.3, -0.25) is 10.1 Å². The highest BCUT2D eigenvalue weighted by atomic mass is 32.2. The van der Waals surface area contributed by atoms with Gasteiger partial charge in [0.15, 0.2) is 35.7 Å². The van der Waals surface area contributed by atoms with Crippen molar-refractivity contribution in [2.75, 3.05) is 6.54 Å². The zero-order valence-corrected chi connectivity index (χ0v) is 20.7. The monoisotopic (exact) mass is 559 g/mol. The number of carboxylic acids is 1. The normalized spacial score (nSPS) is 19.8. The van der Waals surface area contributed by atoms with Gasteiger partial charge in [0.05, 0.1) is 4.90 Å². The topological polar surface area (TPSA) is 137 Å². The van der Waals surface area contributed by atoms with E-state index < -0.39 is 62.5 Å². The first kappa shape index (κ1) is 28.0. The standard InChI is InChI=1S/C24H25F4N3O6S/c25-17-15(18(26)20(28)16(19(17)27)24(33)34)21(32)29-11-10-12-6-8-14(9-7-12)38(35,36)31-23-22(37-23)30-13-4-2-1-3-5-13/h6-9,13,22-23,30-31H,1-5,10-11H2,(H,29,32)(H,33,34). The maximum atomic E-state index is 14.1. The highest BCUT2D eigenvalue weighted by Gasteiger charge is 2.43. The van der Waals surface area contributed by atoms with Crippen molar-refractivity contribution in [3.05, 3.63) is 64.2 Å². The average molecular weight is 560 g/mol. The predicted octanol–water partition coefficient (Wildman–Crippen LogP) is 2.80. The Kier molecular flexibility index (Phi) is 8.35. The number of carbonyl (C=O) groups excluding carboxylic acids is 1. The Morgan fingerprint density at radius 2 is 1.47 bits per heavy atom. The van der Waals surface area contributed by atoms with Crippen LogP contribution in [0.3, 0.4) is 0 Å². The minimum atomic E-state index is -3.87. The van der Waals surface area contributed by atoms with Crippen LogP contribution in [0.25, 0.3) is 0 Å². The van der Waals surface area contributed by atoms with Crippen molar-refractivity contribution >= 4 is 21.9 Å². The molecule has 2 atom stereocenters. The van der Waals surface area contributed by atoms with E-state index in [4.69, 9.17) is 9.84 Å². The molecule has 0 radical (unpaired) electrons. The van der Waals surface area contributed by atoms with Crippen molar-refractivity contribution in [1.29, 1.82) is 0 Å². The largest absolute Gasteiger partial charge is 0.477 e. The third kappa shape index (κ3) is 6.14. The number of carboxylic acid groups (broad SMARTS) is 1. The molecule has 1 aliphatic carbocycles. The Morgan fingerprint density at radius 3 is 2.05 bits per heavy atom. The number of halogens is 4. The smallest absolute Gasteiger partial charge is 0.341 e. The zero-order valence-electron chi connectivity index (χ0n) is 19.9. The molecule has 1 aliphatic heterocycles. The summed E-state index contributed by atoms with van der Waals surface area (Å²) in [4.78, 5) is 22.9.